The molecule has 118 valence electrons. The highest BCUT2D eigenvalue weighted by Gasteiger charge is 2.25. The lowest BCUT2D eigenvalue weighted by Gasteiger charge is -2.16. The average molecular weight is 293 g/mol. The number of ether oxygens (including phenoxy) is 3. The Balaban J connectivity index is 1.62. The predicted molar refractivity (Wildman–Crippen MR) is 83.7 cm³/mol. The van der Waals surface area contributed by atoms with E-state index in [2.05, 4.69) is 19.2 Å². The summed E-state index contributed by atoms with van der Waals surface area (Å²) in [5, 5.41) is 3.42. The van der Waals surface area contributed by atoms with E-state index in [0.717, 1.165) is 30.7 Å². The summed E-state index contributed by atoms with van der Waals surface area (Å²) in [4.78, 5) is 0. The number of hydrogen-bond acceptors (Lipinski definition) is 4. The Labute approximate surface area is 127 Å². The van der Waals surface area contributed by atoms with Gasteiger partial charge in [0.25, 0.3) is 0 Å². The maximum absolute atomic E-state index is 5.98. The number of hydrogen-bond donors (Lipinski definition) is 1. The summed E-state index contributed by atoms with van der Waals surface area (Å²) >= 11 is 0. The van der Waals surface area contributed by atoms with Crippen LogP contribution in [0.2, 0.25) is 0 Å². The van der Waals surface area contributed by atoms with Crippen LogP contribution in [0, 0.1) is 0 Å². The van der Waals surface area contributed by atoms with E-state index in [1.165, 1.54) is 0 Å². The van der Waals surface area contributed by atoms with Crippen molar-refractivity contribution in [2.24, 2.45) is 0 Å². The van der Waals surface area contributed by atoms with Gasteiger partial charge in [0.2, 0.25) is 0 Å². The summed E-state index contributed by atoms with van der Waals surface area (Å²) in [7, 11) is 1.67. The fourth-order valence-corrected chi connectivity index (χ4v) is 2.45. The van der Waals surface area contributed by atoms with Gasteiger partial charge in [-0.3, -0.25) is 0 Å². The molecule has 0 amide bonds. The van der Waals surface area contributed by atoms with Crippen molar-refractivity contribution in [3.63, 3.8) is 0 Å². The van der Waals surface area contributed by atoms with Gasteiger partial charge in [-0.15, -0.1) is 0 Å². The minimum Gasteiger partial charge on any atom is -0.497 e. The Morgan fingerprint density at radius 1 is 1.19 bits per heavy atom. The van der Waals surface area contributed by atoms with Crippen LogP contribution in [-0.4, -0.2) is 38.5 Å². The number of rotatable bonds is 8. The van der Waals surface area contributed by atoms with Gasteiger partial charge in [0.15, 0.2) is 0 Å². The van der Waals surface area contributed by atoms with Gasteiger partial charge >= 0.3 is 0 Å². The summed E-state index contributed by atoms with van der Waals surface area (Å²) in [6.45, 7) is 6.55. The summed E-state index contributed by atoms with van der Waals surface area (Å²) < 4.78 is 16.9. The van der Waals surface area contributed by atoms with Crippen molar-refractivity contribution in [1.82, 2.24) is 5.32 Å². The van der Waals surface area contributed by atoms with Gasteiger partial charge in [0, 0.05) is 12.6 Å². The second-order valence-electron chi connectivity index (χ2n) is 5.88. The zero-order valence-corrected chi connectivity index (χ0v) is 13.3. The lowest BCUT2D eigenvalue weighted by Crippen LogP contribution is -2.32. The molecule has 0 radical (unpaired) electrons. The molecule has 0 aliphatic carbocycles. The third kappa shape index (κ3) is 5.65. The maximum atomic E-state index is 5.98. The van der Waals surface area contributed by atoms with Crippen molar-refractivity contribution in [2.45, 2.75) is 51.5 Å². The zero-order valence-electron chi connectivity index (χ0n) is 13.3. The van der Waals surface area contributed by atoms with E-state index in [1.54, 1.807) is 7.11 Å². The van der Waals surface area contributed by atoms with Crippen molar-refractivity contribution in [2.75, 3.05) is 20.3 Å². The minimum absolute atomic E-state index is 0.238. The highest BCUT2D eigenvalue weighted by molar-refractivity contribution is 5.26. The zero-order chi connectivity index (χ0) is 15.1. The summed E-state index contributed by atoms with van der Waals surface area (Å²) in [6.07, 6.45) is 2.78. The topological polar surface area (TPSA) is 39.7 Å². The van der Waals surface area contributed by atoms with Crippen LogP contribution < -0.4 is 10.1 Å². The van der Waals surface area contributed by atoms with E-state index >= 15 is 0 Å². The first kappa shape index (κ1) is 16.3. The Hall–Kier alpha value is -1.10. The van der Waals surface area contributed by atoms with Gasteiger partial charge in [-0.25, -0.2) is 0 Å². The second kappa shape index (κ2) is 8.37. The fourth-order valence-electron chi connectivity index (χ4n) is 2.45. The van der Waals surface area contributed by atoms with Crippen LogP contribution in [-0.2, 0) is 16.1 Å². The van der Waals surface area contributed by atoms with Crippen molar-refractivity contribution < 1.29 is 14.2 Å². The van der Waals surface area contributed by atoms with Crippen molar-refractivity contribution in [3.05, 3.63) is 29.8 Å². The molecule has 0 bridgehead atoms. The van der Waals surface area contributed by atoms with Gasteiger partial charge in [0.1, 0.15) is 5.75 Å². The molecule has 1 saturated heterocycles. The van der Waals surface area contributed by atoms with Crippen LogP contribution in [0.25, 0.3) is 0 Å². The Morgan fingerprint density at radius 3 is 2.57 bits per heavy atom. The molecule has 1 aromatic carbocycles. The lowest BCUT2D eigenvalue weighted by atomic mass is 10.2. The second-order valence-corrected chi connectivity index (χ2v) is 5.88. The van der Waals surface area contributed by atoms with Gasteiger partial charge in [0.05, 0.1) is 32.5 Å². The van der Waals surface area contributed by atoms with Gasteiger partial charge in [-0.05, 0) is 30.5 Å². The molecule has 1 N–H and O–H groups in total. The average Bonchev–Trinajstić information content (AvgIpc) is 2.94. The molecule has 4 heteroatoms. The SMILES string of the molecule is COc1ccc(COCC2CCC(CNC(C)C)O2)cc1. The predicted octanol–water partition coefficient (Wildman–Crippen LogP) is 2.76. The smallest absolute Gasteiger partial charge is 0.118 e. The van der Waals surface area contributed by atoms with Gasteiger partial charge in [-0.1, -0.05) is 26.0 Å². The highest BCUT2D eigenvalue weighted by atomic mass is 16.5. The monoisotopic (exact) mass is 293 g/mol. The molecule has 0 saturated carbocycles. The third-order valence-corrected chi connectivity index (χ3v) is 3.68. The third-order valence-electron chi connectivity index (χ3n) is 3.68. The van der Waals surface area contributed by atoms with E-state index in [4.69, 9.17) is 14.2 Å². The van der Waals surface area contributed by atoms with E-state index in [0.29, 0.717) is 25.4 Å². The molecule has 2 unspecified atom stereocenters. The van der Waals surface area contributed by atoms with Crippen LogP contribution in [0.1, 0.15) is 32.3 Å². The number of methoxy groups -OCH3 is 1. The van der Waals surface area contributed by atoms with E-state index < -0.39 is 0 Å². The first-order chi connectivity index (χ1) is 10.2. The molecular weight excluding hydrogens is 266 g/mol. The Morgan fingerprint density at radius 2 is 1.90 bits per heavy atom. The van der Waals surface area contributed by atoms with Crippen LogP contribution in [0.3, 0.4) is 0 Å². The van der Waals surface area contributed by atoms with Gasteiger partial charge < -0.3 is 19.5 Å². The molecule has 1 heterocycles. The summed E-state index contributed by atoms with van der Waals surface area (Å²) in [5.74, 6) is 0.873. The molecule has 21 heavy (non-hydrogen) atoms. The summed E-state index contributed by atoms with van der Waals surface area (Å²) in [5.41, 5.74) is 1.16. The summed E-state index contributed by atoms with van der Waals surface area (Å²) in [6, 6.07) is 8.49. The minimum atomic E-state index is 0.238. The van der Waals surface area contributed by atoms with Crippen LogP contribution in [0.5, 0.6) is 5.75 Å². The molecule has 2 rings (SSSR count). The van der Waals surface area contributed by atoms with E-state index in [-0.39, 0.29) is 6.10 Å². The molecule has 1 fully saturated rings. The molecule has 2 atom stereocenters. The van der Waals surface area contributed by atoms with Crippen molar-refractivity contribution >= 4 is 0 Å². The highest BCUT2D eigenvalue weighted by Crippen LogP contribution is 2.20. The quantitative estimate of drug-likeness (QED) is 0.800. The molecule has 1 aliphatic rings. The molecule has 0 spiro atoms. The molecule has 4 nitrogen and oxygen atoms in total. The lowest BCUT2D eigenvalue weighted by molar-refractivity contribution is -0.0194. The first-order valence-electron chi connectivity index (χ1n) is 7.77. The van der Waals surface area contributed by atoms with Crippen LogP contribution >= 0.6 is 0 Å². The van der Waals surface area contributed by atoms with E-state index in [9.17, 15) is 0 Å². The maximum Gasteiger partial charge on any atom is 0.118 e. The van der Waals surface area contributed by atoms with Crippen molar-refractivity contribution in [1.29, 1.82) is 0 Å². The van der Waals surface area contributed by atoms with Crippen LogP contribution in [0.4, 0.5) is 0 Å². The van der Waals surface area contributed by atoms with Gasteiger partial charge in [-0.2, -0.15) is 0 Å². The number of benzene rings is 1. The molecule has 1 aromatic rings. The standard InChI is InChI=1S/C17H27NO3/c1-13(2)18-10-16-8-9-17(21-16)12-20-11-14-4-6-15(19-3)7-5-14/h4-7,13,16-18H,8-12H2,1-3H3. The van der Waals surface area contributed by atoms with E-state index in [1.807, 2.05) is 24.3 Å². The largest absolute Gasteiger partial charge is 0.497 e. The molecule has 0 aromatic heterocycles. The number of nitrogens with one attached hydrogen (secondary N) is 1. The normalized spacial score (nSPS) is 21.9. The Bertz CT molecular complexity index is 405. The van der Waals surface area contributed by atoms with Crippen molar-refractivity contribution in [3.8, 4) is 5.75 Å². The Kier molecular flexibility index (Phi) is 6.49. The molecule has 1 aliphatic heterocycles. The molecular formula is C17H27NO3. The van der Waals surface area contributed by atoms with Crippen LogP contribution in [0.15, 0.2) is 24.3 Å². The fraction of sp³-hybridized carbons (Fsp3) is 0.647. The first-order valence-corrected chi connectivity index (χ1v) is 7.77.